The van der Waals surface area contributed by atoms with E-state index in [1.54, 1.807) is 11.3 Å². The number of rotatable bonds is 5. The molecule has 2 rings (SSSR count). The van der Waals surface area contributed by atoms with Gasteiger partial charge in [0.1, 0.15) is 16.5 Å². The Hall–Kier alpha value is -0.810. The minimum absolute atomic E-state index is 0.712. The van der Waals surface area contributed by atoms with Gasteiger partial charge in [-0.3, -0.25) is 0 Å². The summed E-state index contributed by atoms with van der Waals surface area (Å²) in [7, 11) is 1.93. The van der Waals surface area contributed by atoms with Crippen molar-refractivity contribution in [2.24, 2.45) is 5.92 Å². The molecule has 3 nitrogen and oxygen atoms in total. The molecule has 0 fully saturated rings. The molecular weight excluding hydrogens is 274 g/mol. The highest BCUT2D eigenvalue weighted by Gasteiger charge is 2.13. The molecule has 0 aliphatic carbocycles. The molecule has 2 aromatic rings. The van der Waals surface area contributed by atoms with Crippen LogP contribution in [-0.4, -0.2) is 22.8 Å². The highest BCUT2D eigenvalue weighted by atomic mass is 32.2. The Kier molecular flexibility index (Phi) is 4.68. The number of fused-ring (bicyclic) bond motifs is 1. The fourth-order valence-electron chi connectivity index (χ4n) is 1.93. The summed E-state index contributed by atoms with van der Waals surface area (Å²) in [5.41, 5.74) is 1.30. The highest BCUT2D eigenvalue weighted by molar-refractivity contribution is 7.98. The van der Waals surface area contributed by atoms with Crippen LogP contribution < -0.4 is 5.32 Å². The van der Waals surface area contributed by atoms with Gasteiger partial charge in [-0.05, 0) is 31.1 Å². The van der Waals surface area contributed by atoms with Crippen LogP contribution in [-0.2, 0) is 5.75 Å². The lowest BCUT2D eigenvalue weighted by molar-refractivity contribution is 0.750. The molecule has 0 unspecified atom stereocenters. The third kappa shape index (κ3) is 3.20. The van der Waals surface area contributed by atoms with E-state index in [-0.39, 0.29) is 0 Å². The van der Waals surface area contributed by atoms with Gasteiger partial charge in [-0.25, -0.2) is 9.97 Å². The third-order valence-corrected chi connectivity index (χ3v) is 5.46. The molecule has 0 radical (unpaired) electrons. The Balaban J connectivity index is 2.32. The van der Waals surface area contributed by atoms with E-state index in [0.717, 1.165) is 28.0 Å². The van der Waals surface area contributed by atoms with Crippen molar-refractivity contribution in [1.82, 2.24) is 9.97 Å². The fraction of sp³-hybridized carbons (Fsp3) is 0.571. The molecule has 0 atom stereocenters. The summed E-state index contributed by atoms with van der Waals surface area (Å²) in [6.07, 6.45) is 0. The average Bonchev–Trinajstić information content (AvgIpc) is 2.64. The minimum Gasteiger partial charge on any atom is -0.372 e. The van der Waals surface area contributed by atoms with Crippen LogP contribution in [0.3, 0.4) is 0 Å². The highest BCUT2D eigenvalue weighted by Crippen LogP contribution is 2.33. The normalized spacial score (nSPS) is 11.5. The van der Waals surface area contributed by atoms with Crippen molar-refractivity contribution in [3.8, 4) is 0 Å². The largest absolute Gasteiger partial charge is 0.372 e. The molecule has 0 aliphatic rings. The lowest BCUT2D eigenvalue weighted by Crippen LogP contribution is -2.01. The summed E-state index contributed by atoms with van der Waals surface area (Å²) >= 11 is 3.67. The molecule has 2 heterocycles. The van der Waals surface area contributed by atoms with Crippen molar-refractivity contribution >= 4 is 39.1 Å². The zero-order chi connectivity index (χ0) is 14.0. The molecule has 5 heteroatoms. The van der Waals surface area contributed by atoms with E-state index in [2.05, 4.69) is 38.0 Å². The third-order valence-electron chi connectivity index (χ3n) is 2.99. The maximum atomic E-state index is 4.71. The summed E-state index contributed by atoms with van der Waals surface area (Å²) in [4.78, 5) is 11.8. The fourth-order valence-corrected chi connectivity index (χ4v) is 3.87. The van der Waals surface area contributed by atoms with Gasteiger partial charge in [0, 0.05) is 11.9 Å². The zero-order valence-electron chi connectivity index (χ0n) is 12.2. The van der Waals surface area contributed by atoms with E-state index in [0.29, 0.717) is 5.92 Å². The maximum absolute atomic E-state index is 4.71. The van der Waals surface area contributed by atoms with Crippen LogP contribution in [0, 0.1) is 19.8 Å². The van der Waals surface area contributed by atoms with Crippen molar-refractivity contribution in [2.75, 3.05) is 18.1 Å². The van der Waals surface area contributed by atoms with Gasteiger partial charge >= 0.3 is 0 Å². The second-order valence-corrected chi connectivity index (χ2v) is 7.34. The van der Waals surface area contributed by atoms with E-state index in [4.69, 9.17) is 4.98 Å². The van der Waals surface area contributed by atoms with E-state index in [1.807, 2.05) is 18.8 Å². The molecule has 0 spiro atoms. The Morgan fingerprint density at radius 2 is 2.00 bits per heavy atom. The molecule has 0 aliphatic heterocycles. The number of nitrogens with one attached hydrogen (secondary N) is 1. The number of thiophene rings is 1. The van der Waals surface area contributed by atoms with Crippen LogP contribution in [0.5, 0.6) is 0 Å². The average molecular weight is 295 g/mol. The van der Waals surface area contributed by atoms with Crippen molar-refractivity contribution in [2.45, 2.75) is 33.4 Å². The molecule has 104 valence electrons. The Labute approximate surface area is 123 Å². The van der Waals surface area contributed by atoms with Crippen LogP contribution >= 0.6 is 23.1 Å². The number of thioether (sulfide) groups is 1. The van der Waals surface area contributed by atoms with E-state index in [1.165, 1.54) is 15.8 Å². The zero-order valence-corrected chi connectivity index (χ0v) is 13.8. The molecule has 0 saturated carbocycles. The lowest BCUT2D eigenvalue weighted by Gasteiger charge is -2.07. The van der Waals surface area contributed by atoms with Gasteiger partial charge in [-0.15, -0.1) is 11.3 Å². The van der Waals surface area contributed by atoms with Gasteiger partial charge in [0.25, 0.3) is 0 Å². The minimum atomic E-state index is 0.712. The molecule has 0 amide bonds. The van der Waals surface area contributed by atoms with Gasteiger partial charge in [0.05, 0.1) is 11.1 Å². The second kappa shape index (κ2) is 6.09. The molecule has 2 aromatic heterocycles. The van der Waals surface area contributed by atoms with Crippen LogP contribution in [0.4, 0.5) is 5.82 Å². The molecule has 1 N–H and O–H groups in total. The van der Waals surface area contributed by atoms with Crippen molar-refractivity contribution in [3.63, 3.8) is 0 Å². The van der Waals surface area contributed by atoms with Crippen LogP contribution in [0.2, 0.25) is 0 Å². The molecule has 0 bridgehead atoms. The molecular formula is C14H21N3S2. The summed E-state index contributed by atoms with van der Waals surface area (Å²) in [5, 5.41) is 4.39. The summed E-state index contributed by atoms with van der Waals surface area (Å²) in [6, 6.07) is 0. The first-order valence-electron chi connectivity index (χ1n) is 6.55. The quantitative estimate of drug-likeness (QED) is 0.895. The summed E-state index contributed by atoms with van der Waals surface area (Å²) < 4.78 is 0. The van der Waals surface area contributed by atoms with Gasteiger partial charge in [0.2, 0.25) is 0 Å². The Bertz CT molecular complexity index is 576. The number of hydrogen-bond donors (Lipinski definition) is 1. The predicted molar refractivity (Wildman–Crippen MR) is 87.4 cm³/mol. The number of nitrogens with zero attached hydrogens (tertiary/aromatic N) is 2. The number of aromatic nitrogens is 2. The van der Waals surface area contributed by atoms with Crippen LogP contribution in [0.25, 0.3) is 10.2 Å². The predicted octanol–water partition coefficient (Wildman–Crippen LogP) is 4.24. The number of anilines is 1. The Morgan fingerprint density at radius 3 is 2.63 bits per heavy atom. The first-order valence-corrected chi connectivity index (χ1v) is 8.52. The second-order valence-electron chi connectivity index (χ2n) is 5.11. The van der Waals surface area contributed by atoms with Crippen molar-refractivity contribution < 1.29 is 0 Å². The monoisotopic (exact) mass is 295 g/mol. The van der Waals surface area contributed by atoms with Gasteiger partial charge in [0.15, 0.2) is 0 Å². The lowest BCUT2D eigenvalue weighted by atomic mass is 10.2. The standard InChI is InChI=1S/C14H21N3S2/c1-8(2)6-18-7-11-16-13(15-5)12-9(3)10(4)19-14(12)17-11/h8H,6-7H2,1-5H3,(H,15,16,17). The number of aryl methyl sites for hydroxylation is 2. The van der Waals surface area contributed by atoms with Gasteiger partial charge in [-0.2, -0.15) is 11.8 Å². The first kappa shape index (κ1) is 14.6. The van der Waals surface area contributed by atoms with Crippen molar-refractivity contribution in [1.29, 1.82) is 0 Å². The van der Waals surface area contributed by atoms with E-state index < -0.39 is 0 Å². The first-order chi connectivity index (χ1) is 9.02. The van der Waals surface area contributed by atoms with Crippen LogP contribution in [0.1, 0.15) is 30.1 Å². The van der Waals surface area contributed by atoms with E-state index in [9.17, 15) is 0 Å². The molecule has 0 saturated heterocycles. The van der Waals surface area contributed by atoms with Crippen LogP contribution in [0.15, 0.2) is 0 Å². The SMILES string of the molecule is CNc1nc(CSCC(C)C)nc2sc(C)c(C)c12. The summed E-state index contributed by atoms with van der Waals surface area (Å²) in [6.45, 7) is 8.77. The van der Waals surface area contributed by atoms with Gasteiger partial charge in [-0.1, -0.05) is 13.8 Å². The summed E-state index contributed by atoms with van der Waals surface area (Å²) in [5.74, 6) is 4.65. The maximum Gasteiger partial charge on any atom is 0.142 e. The molecule has 19 heavy (non-hydrogen) atoms. The molecule has 0 aromatic carbocycles. The smallest absolute Gasteiger partial charge is 0.142 e. The number of hydrogen-bond acceptors (Lipinski definition) is 5. The van der Waals surface area contributed by atoms with E-state index >= 15 is 0 Å². The Morgan fingerprint density at radius 1 is 1.26 bits per heavy atom. The van der Waals surface area contributed by atoms with Crippen molar-refractivity contribution in [3.05, 3.63) is 16.3 Å². The topological polar surface area (TPSA) is 37.8 Å². The van der Waals surface area contributed by atoms with Gasteiger partial charge < -0.3 is 5.32 Å².